The fourth-order valence-electron chi connectivity index (χ4n) is 5.86. The Bertz CT molecular complexity index is 1260. The number of benzodiazepines with no additional fused rings is 1. The number of thioether (sulfide) groups is 1. The second-order valence-corrected chi connectivity index (χ2v) is 11.4. The molecular weight excluding hydrogens is 498 g/mol. The zero-order valence-corrected chi connectivity index (χ0v) is 23.0. The fourth-order valence-corrected chi connectivity index (χ4v) is 6.32. The van der Waals surface area contributed by atoms with Crippen LogP contribution in [0.4, 0.5) is 16.2 Å². The van der Waals surface area contributed by atoms with Crippen molar-refractivity contribution in [2.75, 3.05) is 36.1 Å². The number of carbonyl (C=O) groups is 3. The van der Waals surface area contributed by atoms with Gasteiger partial charge in [0, 0.05) is 34.9 Å². The Labute approximate surface area is 228 Å². The lowest BCUT2D eigenvalue weighted by Crippen LogP contribution is -2.52. The number of nitrogens with zero attached hydrogens (tertiary/aromatic N) is 3. The number of anilines is 2. The molecule has 2 aromatic carbocycles. The highest BCUT2D eigenvalue weighted by molar-refractivity contribution is 7.98. The average molecular weight is 534 g/mol. The van der Waals surface area contributed by atoms with Crippen molar-refractivity contribution in [3.05, 3.63) is 53.6 Å². The van der Waals surface area contributed by atoms with E-state index in [1.165, 1.54) is 30.6 Å². The summed E-state index contributed by atoms with van der Waals surface area (Å²) in [6, 6.07) is 12.7. The van der Waals surface area contributed by atoms with E-state index in [-0.39, 0.29) is 12.5 Å². The van der Waals surface area contributed by atoms with Gasteiger partial charge in [-0.25, -0.2) is 4.79 Å². The lowest BCUT2D eigenvalue weighted by molar-refractivity contribution is -0.132. The zero-order valence-electron chi connectivity index (χ0n) is 22.2. The molecule has 2 N–H and O–H groups in total. The molecule has 3 fully saturated rings. The first-order chi connectivity index (χ1) is 18.3. The van der Waals surface area contributed by atoms with E-state index < -0.39 is 18.1 Å². The Morgan fingerprint density at radius 1 is 1.03 bits per heavy atom. The van der Waals surface area contributed by atoms with Gasteiger partial charge in [-0.2, -0.15) is 0 Å². The summed E-state index contributed by atoms with van der Waals surface area (Å²) in [7, 11) is 0. The van der Waals surface area contributed by atoms with Gasteiger partial charge in [0.15, 0.2) is 0 Å². The number of nitrogens with one attached hydrogen (secondary N) is 2. The summed E-state index contributed by atoms with van der Waals surface area (Å²) in [5.41, 5.74) is 3.61. The topological polar surface area (TPSA) is 94.1 Å². The Balaban J connectivity index is 1.39. The minimum atomic E-state index is -1.15. The summed E-state index contributed by atoms with van der Waals surface area (Å²) in [5, 5.41) is 5.54. The Kier molecular flexibility index (Phi) is 7.74. The minimum absolute atomic E-state index is 0.0528. The quantitative estimate of drug-likeness (QED) is 0.546. The molecule has 0 aromatic heterocycles. The highest BCUT2D eigenvalue weighted by atomic mass is 32.2. The maximum Gasteiger partial charge on any atom is 0.321 e. The molecular formula is C29H35N5O3S. The fraction of sp³-hybridized carbons (Fsp3) is 0.448. The van der Waals surface area contributed by atoms with E-state index in [9.17, 15) is 14.4 Å². The van der Waals surface area contributed by atoms with Crippen LogP contribution < -0.4 is 15.5 Å². The third-order valence-electron chi connectivity index (χ3n) is 7.89. The molecule has 3 heterocycles. The van der Waals surface area contributed by atoms with Gasteiger partial charge in [0.05, 0.1) is 5.69 Å². The second kappa shape index (κ2) is 11.2. The molecule has 0 spiro atoms. The Morgan fingerprint density at radius 3 is 2.39 bits per heavy atom. The molecule has 9 heteroatoms. The van der Waals surface area contributed by atoms with Gasteiger partial charge in [-0.15, -0.1) is 11.8 Å². The zero-order chi connectivity index (χ0) is 26.8. The van der Waals surface area contributed by atoms with Gasteiger partial charge in [0.25, 0.3) is 5.91 Å². The van der Waals surface area contributed by atoms with Gasteiger partial charge in [0.2, 0.25) is 12.1 Å². The van der Waals surface area contributed by atoms with Gasteiger partial charge < -0.3 is 15.5 Å². The van der Waals surface area contributed by atoms with Crippen LogP contribution >= 0.6 is 11.8 Å². The molecule has 2 aromatic rings. The van der Waals surface area contributed by atoms with Crippen molar-refractivity contribution in [1.29, 1.82) is 0 Å². The molecule has 8 nitrogen and oxygen atoms in total. The third-order valence-corrected chi connectivity index (χ3v) is 8.61. The first kappa shape index (κ1) is 26.3. The van der Waals surface area contributed by atoms with Crippen molar-refractivity contribution in [3.63, 3.8) is 0 Å². The van der Waals surface area contributed by atoms with Crippen molar-refractivity contribution in [2.45, 2.75) is 50.6 Å². The Hall–Kier alpha value is -3.33. The van der Waals surface area contributed by atoms with Crippen LogP contribution in [0.1, 0.15) is 43.7 Å². The number of fused-ring (bicyclic) bond motifs is 5. The molecule has 4 aliphatic rings. The number of hydrogen-bond donors (Lipinski definition) is 2. The van der Waals surface area contributed by atoms with E-state index in [4.69, 9.17) is 0 Å². The number of aliphatic imine (C=N–C) groups is 1. The smallest absolute Gasteiger partial charge is 0.321 e. The summed E-state index contributed by atoms with van der Waals surface area (Å²) >= 11 is 1.58. The van der Waals surface area contributed by atoms with Crippen LogP contribution in [0.2, 0.25) is 0 Å². The SMILES string of the molecule is CSc1cccc(NC(=O)NC2N=C(C)c3cccc(C)c3N(CC(=O)N3CC4CCC(CC4)C3)C2=O)c1. The normalized spacial score (nSPS) is 22.8. The van der Waals surface area contributed by atoms with Crippen LogP contribution in [0.15, 0.2) is 52.4 Å². The summed E-state index contributed by atoms with van der Waals surface area (Å²) in [4.78, 5) is 49.6. The van der Waals surface area contributed by atoms with Gasteiger partial charge in [-0.05, 0) is 81.4 Å². The van der Waals surface area contributed by atoms with Crippen molar-refractivity contribution in [2.24, 2.45) is 16.8 Å². The number of benzene rings is 2. The molecule has 1 atom stereocenters. The van der Waals surface area contributed by atoms with Crippen LogP contribution in [0.25, 0.3) is 0 Å². The number of hydrogen-bond acceptors (Lipinski definition) is 5. The van der Waals surface area contributed by atoms with Gasteiger partial charge in [0.1, 0.15) is 6.54 Å². The average Bonchev–Trinajstić information content (AvgIpc) is 3.28. The molecule has 3 aliphatic heterocycles. The molecule has 2 saturated heterocycles. The Morgan fingerprint density at radius 2 is 1.71 bits per heavy atom. The molecule has 6 rings (SSSR count). The van der Waals surface area contributed by atoms with E-state index in [1.54, 1.807) is 17.8 Å². The monoisotopic (exact) mass is 533 g/mol. The van der Waals surface area contributed by atoms with Crippen molar-refractivity contribution >= 4 is 46.7 Å². The standard InChI is InChI=1S/C29H35N5O3S/c1-18-6-4-9-24-19(2)30-27(32-29(37)31-22-7-5-8-23(14-22)38-3)28(36)34(26(18)24)17-25(35)33-15-20-10-11-21(16-33)13-12-20/h4-9,14,20-21,27H,10-13,15-17H2,1-3H3,(H2,31,32,37). The summed E-state index contributed by atoms with van der Waals surface area (Å²) < 4.78 is 0. The third kappa shape index (κ3) is 5.57. The first-order valence-corrected chi connectivity index (χ1v) is 14.5. The van der Waals surface area contributed by atoms with Gasteiger partial charge in [-0.3, -0.25) is 19.5 Å². The maximum absolute atomic E-state index is 13.9. The largest absolute Gasteiger partial charge is 0.341 e. The number of para-hydroxylation sites is 1. The first-order valence-electron chi connectivity index (χ1n) is 13.3. The van der Waals surface area contributed by atoms with E-state index >= 15 is 0 Å². The molecule has 38 heavy (non-hydrogen) atoms. The van der Waals surface area contributed by atoms with Crippen molar-refractivity contribution in [1.82, 2.24) is 10.2 Å². The number of urea groups is 1. The minimum Gasteiger partial charge on any atom is -0.341 e. The predicted octanol–water partition coefficient (Wildman–Crippen LogP) is 4.67. The van der Waals surface area contributed by atoms with E-state index in [1.807, 2.05) is 61.4 Å². The highest BCUT2D eigenvalue weighted by Crippen LogP contribution is 2.35. The van der Waals surface area contributed by atoms with Crippen molar-refractivity contribution in [3.8, 4) is 0 Å². The van der Waals surface area contributed by atoms with Crippen molar-refractivity contribution < 1.29 is 14.4 Å². The van der Waals surface area contributed by atoms with E-state index in [2.05, 4.69) is 15.6 Å². The number of aryl methyl sites for hydroxylation is 1. The van der Waals surface area contributed by atoms with E-state index in [0.717, 1.165) is 29.1 Å². The van der Waals surface area contributed by atoms with Gasteiger partial charge >= 0.3 is 6.03 Å². The second-order valence-electron chi connectivity index (χ2n) is 10.5. The highest BCUT2D eigenvalue weighted by Gasteiger charge is 2.37. The van der Waals surface area contributed by atoms with Crippen LogP contribution in [0, 0.1) is 18.8 Å². The van der Waals surface area contributed by atoms with E-state index in [0.29, 0.717) is 28.9 Å². The number of amides is 4. The van der Waals surface area contributed by atoms with Crippen LogP contribution in [0.3, 0.4) is 0 Å². The number of carbonyl (C=O) groups excluding carboxylic acids is 3. The van der Waals surface area contributed by atoms with Gasteiger partial charge in [-0.1, -0.05) is 24.3 Å². The molecule has 4 amide bonds. The molecule has 1 unspecified atom stereocenters. The summed E-state index contributed by atoms with van der Waals surface area (Å²) in [5.74, 6) is 0.610. The summed E-state index contributed by atoms with van der Waals surface area (Å²) in [6.45, 7) is 5.20. The number of rotatable bonds is 5. The van der Waals surface area contributed by atoms with Crippen LogP contribution in [-0.2, 0) is 9.59 Å². The maximum atomic E-state index is 13.9. The molecule has 0 radical (unpaired) electrons. The molecule has 1 saturated carbocycles. The molecule has 2 bridgehead atoms. The summed E-state index contributed by atoms with van der Waals surface area (Å²) in [6.07, 6.45) is 5.51. The van der Waals surface area contributed by atoms with Crippen LogP contribution in [-0.4, -0.2) is 60.5 Å². The van der Waals surface area contributed by atoms with Crippen LogP contribution in [0.5, 0.6) is 0 Å². The lowest BCUT2D eigenvalue weighted by Gasteiger charge is -2.30. The molecule has 200 valence electrons. The predicted molar refractivity (Wildman–Crippen MR) is 152 cm³/mol. The molecule has 1 aliphatic carbocycles. The lowest BCUT2D eigenvalue weighted by atomic mass is 9.84.